The standard InChI is InChI=1S/C16H17F2N3O3/c1-8-14(9(2)21(4)20-8)19-15(22)10(3)24-16(23)11-5-12(17)7-13(18)6-11/h5-7,10H,1-4H3,(H,19,22)/t10-/m0/s1. The minimum Gasteiger partial charge on any atom is -0.449 e. The number of rotatable bonds is 4. The van der Waals surface area contributed by atoms with Gasteiger partial charge in [0.1, 0.15) is 11.6 Å². The van der Waals surface area contributed by atoms with Gasteiger partial charge in [-0.1, -0.05) is 0 Å². The van der Waals surface area contributed by atoms with Crippen LogP contribution < -0.4 is 5.32 Å². The first-order valence-corrected chi connectivity index (χ1v) is 7.17. The fraction of sp³-hybridized carbons (Fsp3) is 0.312. The van der Waals surface area contributed by atoms with Crippen LogP contribution in [0.2, 0.25) is 0 Å². The Kier molecular flexibility index (Phi) is 4.96. The Morgan fingerprint density at radius 1 is 1.21 bits per heavy atom. The van der Waals surface area contributed by atoms with Crippen molar-refractivity contribution in [2.24, 2.45) is 7.05 Å². The van der Waals surface area contributed by atoms with Crippen molar-refractivity contribution in [1.82, 2.24) is 9.78 Å². The van der Waals surface area contributed by atoms with E-state index in [2.05, 4.69) is 10.4 Å². The number of anilines is 1. The van der Waals surface area contributed by atoms with Crippen LogP contribution in [0.4, 0.5) is 14.5 Å². The molecule has 8 heteroatoms. The molecule has 0 fully saturated rings. The second kappa shape index (κ2) is 6.77. The van der Waals surface area contributed by atoms with Crippen LogP contribution >= 0.6 is 0 Å². The molecule has 1 amide bonds. The highest BCUT2D eigenvalue weighted by Gasteiger charge is 2.22. The molecular formula is C16H17F2N3O3. The Morgan fingerprint density at radius 2 is 1.79 bits per heavy atom. The maximum absolute atomic E-state index is 13.1. The molecule has 1 aromatic heterocycles. The Morgan fingerprint density at radius 3 is 2.29 bits per heavy atom. The molecule has 0 spiro atoms. The SMILES string of the molecule is Cc1nn(C)c(C)c1NC(=O)[C@H](C)OC(=O)c1cc(F)cc(F)c1. The van der Waals surface area contributed by atoms with Gasteiger partial charge in [0.2, 0.25) is 0 Å². The highest BCUT2D eigenvalue weighted by Crippen LogP contribution is 2.19. The molecule has 2 rings (SSSR count). The Hall–Kier alpha value is -2.77. The number of ether oxygens (including phenoxy) is 1. The minimum atomic E-state index is -1.15. The zero-order chi connectivity index (χ0) is 18.0. The van der Waals surface area contributed by atoms with Gasteiger partial charge in [0.05, 0.1) is 22.6 Å². The molecule has 1 heterocycles. The van der Waals surface area contributed by atoms with Crippen molar-refractivity contribution in [3.05, 3.63) is 46.8 Å². The number of nitrogens with zero attached hydrogens (tertiary/aromatic N) is 2. The maximum Gasteiger partial charge on any atom is 0.339 e. The molecule has 1 N–H and O–H groups in total. The number of esters is 1. The lowest BCUT2D eigenvalue weighted by Gasteiger charge is -2.14. The van der Waals surface area contributed by atoms with E-state index in [1.807, 2.05) is 0 Å². The molecule has 1 atom stereocenters. The van der Waals surface area contributed by atoms with E-state index in [1.165, 1.54) is 6.92 Å². The van der Waals surface area contributed by atoms with Crippen molar-refractivity contribution >= 4 is 17.6 Å². The number of aromatic nitrogens is 2. The minimum absolute atomic E-state index is 0.305. The summed E-state index contributed by atoms with van der Waals surface area (Å²) >= 11 is 0. The van der Waals surface area contributed by atoms with Crippen LogP contribution in [0.5, 0.6) is 0 Å². The van der Waals surface area contributed by atoms with Crippen LogP contribution in [0.1, 0.15) is 28.7 Å². The number of amides is 1. The van der Waals surface area contributed by atoms with Crippen LogP contribution in [0.15, 0.2) is 18.2 Å². The first-order chi connectivity index (χ1) is 11.2. The Labute approximate surface area is 137 Å². The summed E-state index contributed by atoms with van der Waals surface area (Å²) in [7, 11) is 1.74. The number of benzene rings is 1. The summed E-state index contributed by atoms with van der Waals surface area (Å²) in [5, 5.41) is 6.79. The lowest BCUT2D eigenvalue weighted by Crippen LogP contribution is -2.30. The zero-order valence-corrected chi connectivity index (χ0v) is 13.7. The molecule has 6 nitrogen and oxygen atoms in total. The predicted molar refractivity (Wildman–Crippen MR) is 82.5 cm³/mol. The van der Waals surface area contributed by atoms with Gasteiger partial charge in [-0.15, -0.1) is 0 Å². The van der Waals surface area contributed by atoms with E-state index in [4.69, 9.17) is 4.74 Å². The molecule has 24 heavy (non-hydrogen) atoms. The molecule has 0 aliphatic heterocycles. The topological polar surface area (TPSA) is 73.2 Å². The number of aryl methyl sites for hydroxylation is 2. The third kappa shape index (κ3) is 3.76. The molecule has 0 aliphatic carbocycles. The van der Waals surface area contributed by atoms with Crippen molar-refractivity contribution < 1.29 is 23.1 Å². The van der Waals surface area contributed by atoms with Crippen molar-refractivity contribution in [2.45, 2.75) is 26.9 Å². The molecular weight excluding hydrogens is 320 g/mol. The lowest BCUT2D eigenvalue weighted by atomic mass is 10.2. The van der Waals surface area contributed by atoms with Crippen molar-refractivity contribution in [2.75, 3.05) is 5.32 Å². The van der Waals surface area contributed by atoms with Crippen LogP contribution in [0, 0.1) is 25.5 Å². The first-order valence-electron chi connectivity index (χ1n) is 7.17. The lowest BCUT2D eigenvalue weighted by molar-refractivity contribution is -0.123. The van der Waals surface area contributed by atoms with Gasteiger partial charge in [-0.05, 0) is 32.9 Å². The van der Waals surface area contributed by atoms with Gasteiger partial charge in [0.15, 0.2) is 6.10 Å². The second-order valence-electron chi connectivity index (χ2n) is 5.36. The fourth-order valence-electron chi connectivity index (χ4n) is 2.13. The van der Waals surface area contributed by atoms with E-state index < -0.39 is 29.6 Å². The summed E-state index contributed by atoms with van der Waals surface area (Å²) in [6.07, 6.45) is -1.15. The normalized spacial score (nSPS) is 11.9. The maximum atomic E-state index is 13.1. The number of hydrogen-bond acceptors (Lipinski definition) is 4. The van der Waals surface area contributed by atoms with E-state index in [0.29, 0.717) is 17.4 Å². The van der Waals surface area contributed by atoms with Gasteiger partial charge in [0, 0.05) is 13.1 Å². The van der Waals surface area contributed by atoms with Gasteiger partial charge < -0.3 is 10.1 Å². The van der Waals surface area contributed by atoms with Gasteiger partial charge in [-0.25, -0.2) is 13.6 Å². The number of hydrogen-bond donors (Lipinski definition) is 1. The zero-order valence-electron chi connectivity index (χ0n) is 13.7. The average Bonchev–Trinajstić information content (AvgIpc) is 2.72. The molecule has 1 aromatic carbocycles. The molecule has 0 unspecified atom stereocenters. The fourth-order valence-corrected chi connectivity index (χ4v) is 2.13. The average molecular weight is 337 g/mol. The van der Waals surface area contributed by atoms with Crippen LogP contribution in [0.25, 0.3) is 0 Å². The molecule has 0 radical (unpaired) electrons. The summed E-state index contributed by atoms with van der Waals surface area (Å²) in [4.78, 5) is 24.1. The van der Waals surface area contributed by atoms with E-state index in [-0.39, 0.29) is 5.56 Å². The monoisotopic (exact) mass is 337 g/mol. The van der Waals surface area contributed by atoms with Gasteiger partial charge >= 0.3 is 5.97 Å². The predicted octanol–water partition coefficient (Wildman–Crippen LogP) is 2.50. The van der Waals surface area contributed by atoms with Gasteiger partial charge in [0.25, 0.3) is 5.91 Å². The summed E-state index contributed by atoms with van der Waals surface area (Å²) < 4.78 is 32.8. The van der Waals surface area contributed by atoms with Crippen LogP contribution in [0.3, 0.4) is 0 Å². The Bertz CT molecular complexity index is 782. The number of halogens is 2. The third-order valence-electron chi connectivity index (χ3n) is 3.51. The highest BCUT2D eigenvalue weighted by molar-refractivity contribution is 5.98. The van der Waals surface area contributed by atoms with E-state index in [1.54, 1.807) is 25.6 Å². The summed E-state index contributed by atoms with van der Waals surface area (Å²) in [6, 6.07) is 2.32. The van der Waals surface area contributed by atoms with Crippen LogP contribution in [-0.2, 0) is 16.6 Å². The number of nitrogens with one attached hydrogen (secondary N) is 1. The third-order valence-corrected chi connectivity index (χ3v) is 3.51. The molecule has 0 bridgehead atoms. The van der Waals surface area contributed by atoms with Crippen LogP contribution in [-0.4, -0.2) is 27.8 Å². The largest absolute Gasteiger partial charge is 0.449 e. The van der Waals surface area contributed by atoms with E-state index in [0.717, 1.165) is 17.8 Å². The van der Waals surface area contributed by atoms with Gasteiger partial charge in [-0.2, -0.15) is 5.10 Å². The molecule has 0 saturated heterocycles. The number of carbonyl (C=O) groups excluding carboxylic acids is 2. The summed E-state index contributed by atoms with van der Waals surface area (Å²) in [6.45, 7) is 4.88. The quantitative estimate of drug-likeness (QED) is 0.870. The van der Waals surface area contributed by atoms with Crippen molar-refractivity contribution in [3.8, 4) is 0 Å². The molecule has 0 saturated carbocycles. The van der Waals surface area contributed by atoms with Gasteiger partial charge in [-0.3, -0.25) is 9.48 Å². The summed E-state index contributed by atoms with van der Waals surface area (Å²) in [5.74, 6) is -3.36. The van der Waals surface area contributed by atoms with E-state index >= 15 is 0 Å². The van der Waals surface area contributed by atoms with E-state index in [9.17, 15) is 18.4 Å². The molecule has 2 aromatic rings. The summed E-state index contributed by atoms with van der Waals surface area (Å²) in [5.41, 5.74) is 1.59. The van der Waals surface area contributed by atoms with Crippen molar-refractivity contribution in [3.63, 3.8) is 0 Å². The number of carbonyl (C=O) groups is 2. The second-order valence-corrected chi connectivity index (χ2v) is 5.36. The smallest absolute Gasteiger partial charge is 0.339 e. The molecule has 0 aliphatic rings. The first kappa shape index (κ1) is 17.6. The Balaban J connectivity index is 2.07. The van der Waals surface area contributed by atoms with Crippen molar-refractivity contribution in [1.29, 1.82) is 0 Å². The highest BCUT2D eigenvalue weighted by atomic mass is 19.1. The molecule has 128 valence electrons.